The van der Waals surface area contributed by atoms with Gasteiger partial charge in [-0.25, -0.2) is 0 Å². The predicted molar refractivity (Wildman–Crippen MR) is 216 cm³/mol. The van der Waals surface area contributed by atoms with Crippen LogP contribution < -0.4 is 0 Å². The average Bonchev–Trinajstić information content (AvgIpc) is 3.19. The summed E-state index contributed by atoms with van der Waals surface area (Å²) in [5, 5.41) is 12.6. The molecule has 0 atom stereocenters. The highest BCUT2D eigenvalue weighted by molar-refractivity contribution is 6.22. The molecule has 0 aromatic heterocycles. The molecular weight excluding hydrogens is 601 g/mol. The van der Waals surface area contributed by atoms with Crippen LogP contribution in [0.4, 0.5) is 0 Å². The Hall–Kier alpha value is -6.50. The summed E-state index contributed by atoms with van der Waals surface area (Å²) >= 11 is 0. The Bertz CT molecular complexity index is 2850. The van der Waals surface area contributed by atoms with Crippen molar-refractivity contribution in [3.63, 3.8) is 0 Å². The van der Waals surface area contributed by atoms with E-state index in [1.54, 1.807) is 0 Å². The zero-order valence-electron chi connectivity index (χ0n) is 27.5. The summed E-state index contributed by atoms with van der Waals surface area (Å²) in [6.45, 7) is 0. The molecule has 50 heavy (non-hydrogen) atoms. The van der Waals surface area contributed by atoms with Crippen LogP contribution in [0.2, 0.25) is 0 Å². The van der Waals surface area contributed by atoms with Crippen LogP contribution in [0, 0.1) is 0 Å². The molecule has 0 heterocycles. The Morgan fingerprint density at radius 2 is 0.700 bits per heavy atom. The van der Waals surface area contributed by atoms with Crippen molar-refractivity contribution in [2.24, 2.45) is 0 Å². The molecule has 0 nitrogen and oxygen atoms in total. The topological polar surface area (TPSA) is 0 Å². The first kappa shape index (κ1) is 28.5. The number of benzene rings is 10. The number of fused-ring (bicyclic) bond motifs is 6. The van der Waals surface area contributed by atoms with Crippen molar-refractivity contribution in [1.29, 1.82) is 0 Å². The van der Waals surface area contributed by atoms with Gasteiger partial charge < -0.3 is 0 Å². The van der Waals surface area contributed by atoms with Crippen molar-refractivity contribution in [2.75, 3.05) is 0 Å². The molecular formula is C50H32. The highest BCUT2D eigenvalue weighted by Crippen LogP contribution is 2.47. The zero-order valence-corrected chi connectivity index (χ0v) is 27.5. The lowest BCUT2D eigenvalue weighted by molar-refractivity contribution is 1.61. The molecule has 0 aliphatic rings. The summed E-state index contributed by atoms with van der Waals surface area (Å²) in [7, 11) is 0. The maximum absolute atomic E-state index is 2.46. The van der Waals surface area contributed by atoms with E-state index in [0.29, 0.717) is 0 Å². The zero-order chi connectivity index (χ0) is 33.0. The maximum atomic E-state index is 2.46. The van der Waals surface area contributed by atoms with Crippen molar-refractivity contribution in [1.82, 2.24) is 0 Å². The monoisotopic (exact) mass is 632 g/mol. The van der Waals surface area contributed by atoms with Gasteiger partial charge in [0, 0.05) is 0 Å². The molecule has 0 spiro atoms. The third kappa shape index (κ3) is 4.46. The SMILES string of the molecule is c1ccc(-c2c3ccccc3c(-c3ccc(-c4cc5ccccc5c5ccccc45)c(-c4cccc5ccccc45)c3)c3ccccc23)cc1. The Morgan fingerprint density at radius 1 is 0.200 bits per heavy atom. The smallest absolute Gasteiger partial charge is 0.00261 e. The minimum Gasteiger partial charge on any atom is -0.0622 e. The molecule has 0 aliphatic carbocycles. The fourth-order valence-corrected chi connectivity index (χ4v) is 8.25. The van der Waals surface area contributed by atoms with Crippen LogP contribution in [0.3, 0.4) is 0 Å². The van der Waals surface area contributed by atoms with Gasteiger partial charge in [0.15, 0.2) is 0 Å². The van der Waals surface area contributed by atoms with Gasteiger partial charge in [0.2, 0.25) is 0 Å². The minimum atomic E-state index is 1.22. The summed E-state index contributed by atoms with van der Waals surface area (Å²) in [5.41, 5.74) is 9.98. The molecule has 232 valence electrons. The van der Waals surface area contributed by atoms with E-state index in [-0.39, 0.29) is 0 Å². The lowest BCUT2D eigenvalue weighted by Gasteiger charge is -2.20. The van der Waals surface area contributed by atoms with E-state index in [0.717, 1.165) is 0 Å². The highest BCUT2D eigenvalue weighted by Gasteiger charge is 2.20. The first-order valence-corrected chi connectivity index (χ1v) is 17.4. The van der Waals surface area contributed by atoms with E-state index in [4.69, 9.17) is 0 Å². The summed E-state index contributed by atoms with van der Waals surface area (Å²) in [5.74, 6) is 0. The lowest BCUT2D eigenvalue weighted by Crippen LogP contribution is -1.93. The Balaban J connectivity index is 1.33. The molecule has 0 fully saturated rings. The van der Waals surface area contributed by atoms with Gasteiger partial charge in [-0.15, -0.1) is 0 Å². The Kier molecular flexibility index (Phi) is 6.60. The second kappa shape index (κ2) is 11.6. The largest absolute Gasteiger partial charge is 0.0622 e. The molecule has 0 radical (unpaired) electrons. The van der Waals surface area contributed by atoms with E-state index in [9.17, 15) is 0 Å². The summed E-state index contributed by atoms with van der Waals surface area (Å²) in [6, 6.07) is 71.4. The van der Waals surface area contributed by atoms with Crippen molar-refractivity contribution in [3.05, 3.63) is 194 Å². The van der Waals surface area contributed by atoms with Gasteiger partial charge in [0.1, 0.15) is 0 Å². The quantitative estimate of drug-likeness (QED) is 0.134. The van der Waals surface area contributed by atoms with Crippen LogP contribution in [-0.4, -0.2) is 0 Å². The molecule has 0 heteroatoms. The number of hydrogen-bond acceptors (Lipinski definition) is 0. The molecule has 0 amide bonds. The summed E-state index contributed by atoms with van der Waals surface area (Å²) in [6.07, 6.45) is 0. The first-order valence-electron chi connectivity index (χ1n) is 17.4. The molecule has 10 aromatic carbocycles. The summed E-state index contributed by atoms with van der Waals surface area (Å²) in [4.78, 5) is 0. The molecule has 0 N–H and O–H groups in total. The Morgan fingerprint density at radius 3 is 1.38 bits per heavy atom. The highest BCUT2D eigenvalue weighted by atomic mass is 14.2. The summed E-state index contributed by atoms with van der Waals surface area (Å²) < 4.78 is 0. The molecule has 0 unspecified atom stereocenters. The lowest BCUT2D eigenvalue weighted by atomic mass is 9.83. The fourth-order valence-electron chi connectivity index (χ4n) is 8.25. The standard InChI is InChI=1S/C50H32/c1-2-16-34(17-3-1)49-43-24-10-12-26-45(43)50(46-27-13-11-25-44(46)49)36-29-30-42(48(32-36)40-28-14-19-33-15-4-6-20-37(33)40)47-31-35-18-5-7-21-38(35)39-22-8-9-23-41(39)47/h1-32H. The average molecular weight is 633 g/mol. The van der Waals surface area contributed by atoms with Crippen LogP contribution in [0.5, 0.6) is 0 Å². The molecule has 10 rings (SSSR count). The van der Waals surface area contributed by atoms with Gasteiger partial charge in [0.25, 0.3) is 0 Å². The molecule has 0 bridgehead atoms. The van der Waals surface area contributed by atoms with Gasteiger partial charge in [-0.3, -0.25) is 0 Å². The minimum absolute atomic E-state index is 1.22. The van der Waals surface area contributed by atoms with Gasteiger partial charge >= 0.3 is 0 Å². The van der Waals surface area contributed by atoms with Gasteiger partial charge in [0.05, 0.1) is 0 Å². The van der Waals surface area contributed by atoms with Crippen LogP contribution in [-0.2, 0) is 0 Å². The van der Waals surface area contributed by atoms with Gasteiger partial charge in [-0.2, -0.15) is 0 Å². The van der Waals surface area contributed by atoms with E-state index in [2.05, 4.69) is 194 Å². The van der Waals surface area contributed by atoms with Crippen LogP contribution in [0.15, 0.2) is 194 Å². The van der Waals surface area contributed by atoms with Crippen molar-refractivity contribution < 1.29 is 0 Å². The van der Waals surface area contributed by atoms with E-state index >= 15 is 0 Å². The van der Waals surface area contributed by atoms with Crippen LogP contribution in [0.1, 0.15) is 0 Å². The van der Waals surface area contributed by atoms with Crippen LogP contribution in [0.25, 0.3) is 98.4 Å². The first-order chi connectivity index (χ1) is 24.8. The molecule has 10 aromatic rings. The third-order valence-electron chi connectivity index (χ3n) is 10.4. The van der Waals surface area contributed by atoms with Crippen LogP contribution >= 0.6 is 0 Å². The molecule has 0 saturated heterocycles. The van der Waals surface area contributed by atoms with E-state index in [1.165, 1.54) is 98.4 Å². The fraction of sp³-hybridized carbons (Fsp3) is 0. The maximum Gasteiger partial charge on any atom is -0.00261 e. The molecule has 0 aliphatic heterocycles. The van der Waals surface area contributed by atoms with E-state index in [1.807, 2.05) is 0 Å². The molecule has 0 saturated carbocycles. The normalized spacial score (nSPS) is 11.6. The van der Waals surface area contributed by atoms with Crippen molar-refractivity contribution >= 4 is 53.9 Å². The predicted octanol–water partition coefficient (Wildman–Crippen LogP) is 14.1. The second-order valence-electron chi connectivity index (χ2n) is 13.2. The second-order valence-corrected chi connectivity index (χ2v) is 13.2. The Labute approximate surface area is 291 Å². The van der Waals surface area contributed by atoms with E-state index < -0.39 is 0 Å². The van der Waals surface area contributed by atoms with Crippen molar-refractivity contribution in [2.45, 2.75) is 0 Å². The van der Waals surface area contributed by atoms with Gasteiger partial charge in [-0.05, 0) is 111 Å². The third-order valence-corrected chi connectivity index (χ3v) is 10.4. The van der Waals surface area contributed by atoms with Crippen molar-refractivity contribution in [3.8, 4) is 44.5 Å². The van der Waals surface area contributed by atoms with Gasteiger partial charge in [-0.1, -0.05) is 182 Å². The number of hydrogen-bond donors (Lipinski definition) is 0. The number of rotatable bonds is 4.